The highest BCUT2D eigenvalue weighted by Gasteiger charge is 2.17. The summed E-state index contributed by atoms with van der Waals surface area (Å²) < 4.78 is 0. The van der Waals surface area contributed by atoms with Gasteiger partial charge in [-0.2, -0.15) is 4.98 Å². The molecule has 23 heavy (non-hydrogen) atoms. The van der Waals surface area contributed by atoms with E-state index < -0.39 is 0 Å². The lowest BCUT2D eigenvalue weighted by Crippen LogP contribution is -2.46. The van der Waals surface area contributed by atoms with Gasteiger partial charge in [-0.3, -0.25) is 9.78 Å². The van der Waals surface area contributed by atoms with Crippen molar-refractivity contribution in [3.8, 4) is 0 Å². The van der Waals surface area contributed by atoms with Crippen LogP contribution < -0.4 is 10.2 Å². The molecule has 1 aliphatic rings. The van der Waals surface area contributed by atoms with E-state index in [-0.39, 0.29) is 0 Å². The minimum Gasteiger partial charge on any atom is -0.353 e. The number of piperazine rings is 1. The van der Waals surface area contributed by atoms with E-state index in [1.807, 2.05) is 25.1 Å². The molecule has 2 aromatic rings. The highest BCUT2D eigenvalue weighted by Crippen LogP contribution is 2.17. The molecule has 3 rings (SSSR count). The van der Waals surface area contributed by atoms with Crippen LogP contribution in [0.5, 0.6) is 0 Å². The van der Waals surface area contributed by atoms with Crippen molar-refractivity contribution in [2.75, 3.05) is 36.4 Å². The van der Waals surface area contributed by atoms with E-state index in [1.54, 1.807) is 17.3 Å². The maximum atomic E-state index is 10.8. The Morgan fingerprint density at radius 3 is 2.61 bits per heavy atom. The Morgan fingerprint density at radius 2 is 1.91 bits per heavy atom. The minimum atomic E-state index is 0.620. The van der Waals surface area contributed by atoms with E-state index in [0.717, 1.165) is 49.7 Å². The number of hydrogen-bond donors (Lipinski definition) is 1. The maximum Gasteiger partial charge on any atom is 0.225 e. The molecule has 1 N–H and O–H groups in total. The zero-order valence-electron chi connectivity index (χ0n) is 13.1. The van der Waals surface area contributed by atoms with Crippen LogP contribution in [0.2, 0.25) is 0 Å². The molecule has 1 aliphatic heterocycles. The number of anilines is 2. The van der Waals surface area contributed by atoms with Gasteiger partial charge in [-0.05, 0) is 24.6 Å². The first-order valence-electron chi connectivity index (χ1n) is 7.67. The Hall–Kier alpha value is -2.70. The Labute approximate surface area is 135 Å². The monoisotopic (exact) mass is 312 g/mol. The second-order valence-corrected chi connectivity index (χ2v) is 5.53. The SMILES string of the molecule is Cc1cc(N2CCN(C=O)CC2)nc(NCc2ccncc2)n1. The van der Waals surface area contributed by atoms with Crippen LogP contribution >= 0.6 is 0 Å². The molecule has 0 aliphatic carbocycles. The van der Waals surface area contributed by atoms with E-state index in [1.165, 1.54) is 0 Å². The molecule has 1 saturated heterocycles. The largest absolute Gasteiger partial charge is 0.353 e. The third-order valence-electron chi connectivity index (χ3n) is 3.83. The highest BCUT2D eigenvalue weighted by atomic mass is 16.1. The number of carbonyl (C=O) groups excluding carboxylic acids is 1. The minimum absolute atomic E-state index is 0.620. The van der Waals surface area contributed by atoms with Gasteiger partial charge in [-0.15, -0.1) is 0 Å². The van der Waals surface area contributed by atoms with Crippen molar-refractivity contribution in [2.45, 2.75) is 13.5 Å². The van der Waals surface area contributed by atoms with E-state index in [9.17, 15) is 4.79 Å². The van der Waals surface area contributed by atoms with E-state index >= 15 is 0 Å². The summed E-state index contributed by atoms with van der Waals surface area (Å²) in [4.78, 5) is 27.8. The molecule has 1 amide bonds. The molecule has 3 heterocycles. The summed E-state index contributed by atoms with van der Waals surface area (Å²) in [5.41, 5.74) is 2.05. The molecule has 0 unspecified atom stereocenters. The second-order valence-electron chi connectivity index (χ2n) is 5.53. The first-order chi connectivity index (χ1) is 11.2. The van der Waals surface area contributed by atoms with Crippen molar-refractivity contribution >= 4 is 18.2 Å². The number of carbonyl (C=O) groups is 1. The lowest BCUT2D eigenvalue weighted by atomic mass is 10.3. The second kappa shape index (κ2) is 7.04. The van der Waals surface area contributed by atoms with Crippen LogP contribution in [0, 0.1) is 6.92 Å². The van der Waals surface area contributed by atoms with Crippen LogP contribution in [0.3, 0.4) is 0 Å². The van der Waals surface area contributed by atoms with E-state index in [2.05, 4.69) is 25.2 Å². The molecule has 7 nitrogen and oxygen atoms in total. The van der Waals surface area contributed by atoms with Gasteiger partial charge in [-0.1, -0.05) is 0 Å². The molecule has 0 bridgehead atoms. The first kappa shape index (κ1) is 15.2. The summed E-state index contributed by atoms with van der Waals surface area (Å²) in [6, 6.07) is 5.90. The first-order valence-corrected chi connectivity index (χ1v) is 7.67. The van der Waals surface area contributed by atoms with Crippen LogP contribution in [-0.2, 0) is 11.3 Å². The van der Waals surface area contributed by atoms with E-state index in [0.29, 0.717) is 12.5 Å². The quantitative estimate of drug-likeness (QED) is 0.833. The van der Waals surface area contributed by atoms with Gasteiger partial charge in [0.15, 0.2) is 0 Å². The van der Waals surface area contributed by atoms with Gasteiger partial charge in [0.25, 0.3) is 0 Å². The van der Waals surface area contributed by atoms with Crippen molar-refractivity contribution in [3.63, 3.8) is 0 Å². The third-order valence-corrected chi connectivity index (χ3v) is 3.83. The molecule has 7 heteroatoms. The molecule has 120 valence electrons. The molecular weight excluding hydrogens is 292 g/mol. The molecule has 1 fully saturated rings. The molecule has 0 aromatic carbocycles. The normalized spacial score (nSPS) is 14.7. The van der Waals surface area contributed by atoms with Gasteiger partial charge in [0.1, 0.15) is 5.82 Å². The zero-order chi connectivity index (χ0) is 16.1. The Bertz CT molecular complexity index is 655. The molecule has 0 saturated carbocycles. The lowest BCUT2D eigenvalue weighted by molar-refractivity contribution is -0.118. The lowest BCUT2D eigenvalue weighted by Gasteiger charge is -2.33. The van der Waals surface area contributed by atoms with Crippen LogP contribution in [0.1, 0.15) is 11.3 Å². The van der Waals surface area contributed by atoms with Crippen molar-refractivity contribution < 1.29 is 4.79 Å². The summed E-state index contributed by atoms with van der Waals surface area (Å²) in [7, 11) is 0. The third kappa shape index (κ3) is 3.94. The van der Waals surface area contributed by atoms with Crippen LogP contribution in [0.25, 0.3) is 0 Å². The number of nitrogens with zero attached hydrogens (tertiary/aromatic N) is 5. The van der Waals surface area contributed by atoms with Crippen molar-refractivity contribution in [3.05, 3.63) is 41.9 Å². The number of nitrogens with one attached hydrogen (secondary N) is 1. The number of rotatable bonds is 5. The summed E-state index contributed by atoms with van der Waals surface area (Å²) >= 11 is 0. The fraction of sp³-hybridized carbons (Fsp3) is 0.375. The smallest absolute Gasteiger partial charge is 0.225 e. The van der Waals surface area contributed by atoms with Crippen molar-refractivity contribution in [1.82, 2.24) is 19.9 Å². The molecule has 0 spiro atoms. The van der Waals surface area contributed by atoms with E-state index in [4.69, 9.17) is 0 Å². The van der Waals surface area contributed by atoms with Gasteiger partial charge in [0.05, 0.1) is 0 Å². The maximum absolute atomic E-state index is 10.8. The Kier molecular flexibility index (Phi) is 4.65. The molecular formula is C16H20N6O. The van der Waals surface area contributed by atoms with Crippen molar-refractivity contribution in [1.29, 1.82) is 0 Å². The number of hydrogen-bond acceptors (Lipinski definition) is 6. The summed E-state index contributed by atoms with van der Waals surface area (Å²) in [6.07, 6.45) is 4.45. The van der Waals surface area contributed by atoms with Gasteiger partial charge in [0.2, 0.25) is 12.4 Å². The van der Waals surface area contributed by atoms with Crippen molar-refractivity contribution in [2.24, 2.45) is 0 Å². The summed E-state index contributed by atoms with van der Waals surface area (Å²) in [5, 5.41) is 3.26. The van der Waals surface area contributed by atoms with Crippen LogP contribution in [0.15, 0.2) is 30.6 Å². The summed E-state index contributed by atoms with van der Waals surface area (Å²) in [6.45, 7) is 5.66. The predicted molar refractivity (Wildman–Crippen MR) is 88.2 cm³/mol. The summed E-state index contributed by atoms with van der Waals surface area (Å²) in [5.74, 6) is 1.52. The zero-order valence-corrected chi connectivity index (χ0v) is 13.1. The van der Waals surface area contributed by atoms with Crippen LogP contribution in [-0.4, -0.2) is 52.4 Å². The Morgan fingerprint density at radius 1 is 1.17 bits per heavy atom. The fourth-order valence-electron chi connectivity index (χ4n) is 2.53. The van der Waals surface area contributed by atoms with Gasteiger partial charge >= 0.3 is 0 Å². The van der Waals surface area contributed by atoms with Gasteiger partial charge < -0.3 is 15.1 Å². The predicted octanol–water partition coefficient (Wildman–Crippen LogP) is 1.07. The molecule has 2 aromatic heterocycles. The van der Waals surface area contributed by atoms with Gasteiger partial charge in [-0.25, -0.2) is 4.98 Å². The standard InChI is InChI=1S/C16H20N6O/c1-13-10-15(22-8-6-21(12-23)7-9-22)20-16(19-13)18-11-14-2-4-17-5-3-14/h2-5,10,12H,6-9,11H2,1H3,(H,18,19,20). The fourth-order valence-corrected chi connectivity index (χ4v) is 2.53. The topological polar surface area (TPSA) is 74.2 Å². The number of aryl methyl sites for hydroxylation is 1. The molecule has 0 atom stereocenters. The highest BCUT2D eigenvalue weighted by molar-refractivity contribution is 5.50. The Balaban J connectivity index is 1.68. The average Bonchev–Trinajstić information content (AvgIpc) is 2.60. The number of pyridine rings is 1. The average molecular weight is 312 g/mol. The number of amides is 1. The molecule has 0 radical (unpaired) electrons. The van der Waals surface area contributed by atoms with Crippen LogP contribution in [0.4, 0.5) is 11.8 Å². The number of aromatic nitrogens is 3. The van der Waals surface area contributed by atoms with Gasteiger partial charge in [0, 0.05) is 56.9 Å².